The summed E-state index contributed by atoms with van der Waals surface area (Å²) in [6.45, 7) is 9.16. The normalized spacial score (nSPS) is 11.5. The van der Waals surface area contributed by atoms with Crippen molar-refractivity contribution in [2.24, 2.45) is 0 Å². The minimum atomic E-state index is 0.574. The lowest BCUT2D eigenvalue weighted by Gasteiger charge is -2.20. The average Bonchev–Trinajstić information content (AvgIpc) is 2.91. The molecule has 0 aliphatic heterocycles. The fourth-order valence-corrected chi connectivity index (χ4v) is 2.00. The number of hydrogen-bond donors (Lipinski definition) is 3. The molecule has 2 rings (SSSR count). The highest BCUT2D eigenvalue weighted by Crippen LogP contribution is 2.19. The second kappa shape index (κ2) is 7.21. The molecule has 0 amide bonds. The highest BCUT2D eigenvalue weighted by Gasteiger charge is 2.09. The topological polar surface area (TPSA) is 81.8 Å². The van der Waals surface area contributed by atoms with E-state index in [4.69, 9.17) is 0 Å². The first-order chi connectivity index (χ1) is 10.1. The predicted octanol–water partition coefficient (Wildman–Crippen LogP) is 1.93. The van der Waals surface area contributed by atoms with Crippen LogP contribution in [0.15, 0.2) is 6.20 Å². The highest BCUT2D eigenvalue weighted by atomic mass is 15.2. The summed E-state index contributed by atoms with van der Waals surface area (Å²) in [6.07, 6.45) is 2.82. The zero-order chi connectivity index (χ0) is 15.2. The Hall–Kier alpha value is -1.89. The van der Waals surface area contributed by atoms with Crippen LogP contribution < -0.4 is 10.6 Å². The molecule has 7 heteroatoms. The summed E-state index contributed by atoms with van der Waals surface area (Å²) < 4.78 is 0. The standard InChI is InChI=1S/C14H25N7/c1-5-15-14-18-12(11-9-17-20-13(11)19-14)16-7-6-8-21(4)10(2)3/h9-10H,5-8H2,1-4H3,(H3,15,16,17,18,19,20). The molecule has 7 nitrogen and oxygen atoms in total. The van der Waals surface area contributed by atoms with Crippen LogP contribution in [0, 0.1) is 0 Å². The number of H-pyrrole nitrogens is 1. The van der Waals surface area contributed by atoms with Gasteiger partial charge in [0, 0.05) is 19.1 Å². The molecular formula is C14H25N7. The number of fused-ring (bicyclic) bond motifs is 1. The Morgan fingerprint density at radius 2 is 2.10 bits per heavy atom. The van der Waals surface area contributed by atoms with Crippen molar-refractivity contribution < 1.29 is 0 Å². The van der Waals surface area contributed by atoms with E-state index in [9.17, 15) is 0 Å². The first-order valence-electron chi connectivity index (χ1n) is 7.51. The van der Waals surface area contributed by atoms with Gasteiger partial charge in [0.15, 0.2) is 5.65 Å². The first kappa shape index (κ1) is 15.5. The number of nitrogens with zero attached hydrogens (tertiary/aromatic N) is 4. The molecule has 0 bridgehead atoms. The Balaban J connectivity index is 1.98. The van der Waals surface area contributed by atoms with Gasteiger partial charge in [-0.1, -0.05) is 0 Å². The molecule has 0 aliphatic carbocycles. The Morgan fingerprint density at radius 1 is 1.29 bits per heavy atom. The Kier molecular flexibility index (Phi) is 5.32. The third kappa shape index (κ3) is 4.04. The van der Waals surface area contributed by atoms with Crippen molar-refractivity contribution in [3.8, 4) is 0 Å². The highest BCUT2D eigenvalue weighted by molar-refractivity contribution is 5.86. The van der Waals surface area contributed by atoms with Crippen molar-refractivity contribution in [3.63, 3.8) is 0 Å². The number of aromatic nitrogens is 4. The second-order valence-corrected chi connectivity index (χ2v) is 5.41. The van der Waals surface area contributed by atoms with Crippen LogP contribution in [0.25, 0.3) is 11.0 Å². The summed E-state index contributed by atoms with van der Waals surface area (Å²) in [6, 6.07) is 0.574. The average molecular weight is 291 g/mol. The lowest BCUT2D eigenvalue weighted by atomic mass is 10.3. The van der Waals surface area contributed by atoms with E-state index in [1.54, 1.807) is 6.20 Å². The van der Waals surface area contributed by atoms with E-state index >= 15 is 0 Å². The molecule has 2 aromatic rings. The molecular weight excluding hydrogens is 266 g/mol. The van der Waals surface area contributed by atoms with Crippen molar-refractivity contribution >= 4 is 22.8 Å². The molecule has 2 heterocycles. The summed E-state index contributed by atoms with van der Waals surface area (Å²) in [5.74, 6) is 1.45. The lowest BCUT2D eigenvalue weighted by Crippen LogP contribution is -2.28. The quantitative estimate of drug-likeness (QED) is 0.645. The Morgan fingerprint density at radius 3 is 2.81 bits per heavy atom. The smallest absolute Gasteiger partial charge is 0.226 e. The number of nitrogens with one attached hydrogen (secondary N) is 3. The molecule has 0 aromatic carbocycles. The van der Waals surface area contributed by atoms with Gasteiger partial charge in [-0.15, -0.1) is 0 Å². The largest absolute Gasteiger partial charge is 0.369 e. The predicted molar refractivity (Wildman–Crippen MR) is 86.7 cm³/mol. The zero-order valence-electron chi connectivity index (χ0n) is 13.3. The van der Waals surface area contributed by atoms with Gasteiger partial charge >= 0.3 is 0 Å². The summed E-state index contributed by atoms with van der Waals surface area (Å²) >= 11 is 0. The maximum Gasteiger partial charge on any atom is 0.226 e. The van der Waals surface area contributed by atoms with E-state index in [-0.39, 0.29) is 0 Å². The van der Waals surface area contributed by atoms with Crippen LogP contribution in [-0.2, 0) is 0 Å². The minimum absolute atomic E-state index is 0.574. The van der Waals surface area contributed by atoms with E-state index < -0.39 is 0 Å². The van der Waals surface area contributed by atoms with Crippen LogP contribution >= 0.6 is 0 Å². The zero-order valence-corrected chi connectivity index (χ0v) is 13.3. The van der Waals surface area contributed by atoms with Crippen LogP contribution in [0.1, 0.15) is 27.2 Å². The number of anilines is 2. The molecule has 0 spiro atoms. The second-order valence-electron chi connectivity index (χ2n) is 5.41. The number of aromatic amines is 1. The molecule has 0 aliphatic rings. The van der Waals surface area contributed by atoms with Crippen LogP contribution in [0.3, 0.4) is 0 Å². The lowest BCUT2D eigenvalue weighted by molar-refractivity contribution is 0.273. The van der Waals surface area contributed by atoms with Gasteiger partial charge in [0.1, 0.15) is 5.82 Å². The van der Waals surface area contributed by atoms with E-state index in [0.717, 1.165) is 42.9 Å². The van der Waals surface area contributed by atoms with E-state index in [0.29, 0.717) is 12.0 Å². The summed E-state index contributed by atoms with van der Waals surface area (Å²) in [7, 11) is 2.15. The van der Waals surface area contributed by atoms with E-state index in [1.165, 1.54) is 0 Å². The third-order valence-corrected chi connectivity index (χ3v) is 3.51. The Bertz CT molecular complexity index is 563. The van der Waals surface area contributed by atoms with E-state index in [1.807, 2.05) is 6.92 Å². The van der Waals surface area contributed by atoms with Gasteiger partial charge < -0.3 is 15.5 Å². The molecule has 0 saturated carbocycles. The molecule has 0 fully saturated rings. The van der Waals surface area contributed by atoms with E-state index in [2.05, 4.69) is 56.6 Å². The van der Waals surface area contributed by atoms with Crippen LogP contribution in [-0.4, -0.2) is 57.8 Å². The first-order valence-corrected chi connectivity index (χ1v) is 7.51. The van der Waals surface area contributed by atoms with Crippen molar-refractivity contribution in [1.29, 1.82) is 0 Å². The molecule has 116 valence electrons. The fourth-order valence-electron chi connectivity index (χ4n) is 2.00. The third-order valence-electron chi connectivity index (χ3n) is 3.51. The SMILES string of the molecule is CCNc1nc(NCCCN(C)C(C)C)c2cn[nH]c2n1. The minimum Gasteiger partial charge on any atom is -0.369 e. The van der Waals surface area contributed by atoms with Gasteiger partial charge in [-0.05, 0) is 40.8 Å². The van der Waals surface area contributed by atoms with Crippen LogP contribution in [0.4, 0.5) is 11.8 Å². The molecule has 3 N–H and O–H groups in total. The van der Waals surface area contributed by atoms with Crippen molar-refractivity contribution in [3.05, 3.63) is 6.20 Å². The van der Waals surface area contributed by atoms with Gasteiger partial charge in [-0.25, -0.2) is 0 Å². The molecule has 2 aromatic heterocycles. The summed E-state index contributed by atoms with van der Waals surface area (Å²) in [5, 5.41) is 14.4. The summed E-state index contributed by atoms with van der Waals surface area (Å²) in [4.78, 5) is 11.2. The molecule has 0 saturated heterocycles. The fraction of sp³-hybridized carbons (Fsp3) is 0.643. The molecule has 0 unspecified atom stereocenters. The van der Waals surface area contributed by atoms with Crippen molar-refractivity contribution in [1.82, 2.24) is 25.1 Å². The van der Waals surface area contributed by atoms with Gasteiger partial charge in [0.25, 0.3) is 0 Å². The van der Waals surface area contributed by atoms with Crippen LogP contribution in [0.5, 0.6) is 0 Å². The molecule has 0 atom stereocenters. The van der Waals surface area contributed by atoms with Gasteiger partial charge in [0.05, 0.1) is 11.6 Å². The molecule has 21 heavy (non-hydrogen) atoms. The molecule has 0 radical (unpaired) electrons. The van der Waals surface area contributed by atoms with Crippen molar-refractivity contribution in [2.75, 3.05) is 37.3 Å². The van der Waals surface area contributed by atoms with Gasteiger partial charge in [-0.2, -0.15) is 15.1 Å². The maximum absolute atomic E-state index is 4.51. The van der Waals surface area contributed by atoms with Gasteiger partial charge in [0.2, 0.25) is 5.95 Å². The Labute approximate surface area is 125 Å². The number of rotatable bonds is 8. The van der Waals surface area contributed by atoms with Crippen molar-refractivity contribution in [2.45, 2.75) is 33.2 Å². The maximum atomic E-state index is 4.51. The number of hydrogen-bond acceptors (Lipinski definition) is 6. The monoisotopic (exact) mass is 291 g/mol. The van der Waals surface area contributed by atoms with Crippen LogP contribution in [0.2, 0.25) is 0 Å². The summed E-state index contributed by atoms with van der Waals surface area (Å²) in [5.41, 5.74) is 0.753. The van der Waals surface area contributed by atoms with Gasteiger partial charge in [-0.3, -0.25) is 5.10 Å².